The number of H-pyrrole nitrogens is 2. The van der Waals surface area contributed by atoms with Crippen LogP contribution in [-0.2, 0) is 6.54 Å². The minimum absolute atomic E-state index is 0.744. The molecule has 29 heavy (non-hydrogen) atoms. The second kappa shape index (κ2) is 7.14. The lowest BCUT2D eigenvalue weighted by atomic mass is 9.98. The Hall–Kier alpha value is -3.51. The van der Waals surface area contributed by atoms with Gasteiger partial charge in [-0.2, -0.15) is 5.10 Å². The van der Waals surface area contributed by atoms with Crippen LogP contribution in [0.25, 0.3) is 44.6 Å². The number of aromatic nitrogens is 5. The molecule has 0 saturated carbocycles. The highest BCUT2D eigenvalue weighted by molar-refractivity contribution is 5.95. The average molecular weight is 382 g/mol. The number of imidazole rings is 1. The first kappa shape index (κ1) is 17.6. The molecule has 2 aromatic carbocycles. The van der Waals surface area contributed by atoms with Gasteiger partial charge in [0.2, 0.25) is 0 Å². The molecule has 0 radical (unpaired) electrons. The first-order valence-electron chi connectivity index (χ1n) is 9.81. The fraction of sp³-hybridized carbons (Fsp3) is 0.174. The summed E-state index contributed by atoms with van der Waals surface area (Å²) in [5.74, 6) is 0.744. The zero-order chi connectivity index (χ0) is 19.8. The predicted octanol–water partition coefficient (Wildman–Crippen LogP) is 4.59. The van der Waals surface area contributed by atoms with Crippen molar-refractivity contribution in [2.45, 2.75) is 20.4 Å². The fourth-order valence-electron chi connectivity index (χ4n) is 3.74. The Morgan fingerprint density at radius 3 is 2.79 bits per heavy atom. The molecule has 0 aliphatic rings. The molecule has 0 fully saturated rings. The van der Waals surface area contributed by atoms with Gasteiger partial charge >= 0.3 is 0 Å². The van der Waals surface area contributed by atoms with E-state index >= 15 is 0 Å². The zero-order valence-electron chi connectivity index (χ0n) is 16.5. The summed E-state index contributed by atoms with van der Waals surface area (Å²) in [6, 6.07) is 15.0. The summed E-state index contributed by atoms with van der Waals surface area (Å²) in [4.78, 5) is 12.2. The van der Waals surface area contributed by atoms with Crippen LogP contribution in [0.5, 0.6) is 0 Å². The Morgan fingerprint density at radius 1 is 1.00 bits per heavy atom. The minimum Gasteiger partial charge on any atom is -0.335 e. The molecule has 5 rings (SSSR count). The van der Waals surface area contributed by atoms with Crippen molar-refractivity contribution in [2.75, 3.05) is 6.54 Å². The quantitative estimate of drug-likeness (QED) is 0.415. The van der Waals surface area contributed by atoms with E-state index in [0.717, 1.165) is 46.5 Å². The summed E-state index contributed by atoms with van der Waals surface area (Å²) in [6.45, 7) is 6.10. The molecule has 0 aliphatic carbocycles. The molecule has 0 unspecified atom stereocenters. The molecule has 5 aromatic rings. The van der Waals surface area contributed by atoms with Gasteiger partial charge in [0, 0.05) is 18.1 Å². The van der Waals surface area contributed by atoms with Crippen molar-refractivity contribution < 1.29 is 0 Å². The number of fused-ring (bicyclic) bond motifs is 2. The normalized spacial score (nSPS) is 11.5. The maximum Gasteiger partial charge on any atom is 0.159 e. The van der Waals surface area contributed by atoms with Crippen molar-refractivity contribution in [1.29, 1.82) is 0 Å². The van der Waals surface area contributed by atoms with Crippen LogP contribution >= 0.6 is 0 Å². The van der Waals surface area contributed by atoms with Gasteiger partial charge in [0.25, 0.3) is 0 Å². The molecule has 0 spiro atoms. The molecule has 144 valence electrons. The van der Waals surface area contributed by atoms with Crippen molar-refractivity contribution in [3.05, 3.63) is 66.0 Å². The summed E-state index contributed by atoms with van der Waals surface area (Å²) in [7, 11) is 0. The van der Waals surface area contributed by atoms with Crippen molar-refractivity contribution >= 4 is 21.9 Å². The first-order valence-corrected chi connectivity index (χ1v) is 9.81. The third-order valence-corrected chi connectivity index (χ3v) is 5.12. The molecule has 3 aromatic heterocycles. The topological polar surface area (TPSA) is 82.3 Å². The molecule has 0 aliphatic heterocycles. The van der Waals surface area contributed by atoms with Gasteiger partial charge in [0.05, 0.1) is 22.7 Å². The maximum atomic E-state index is 4.68. The van der Waals surface area contributed by atoms with Crippen LogP contribution in [0, 0.1) is 6.92 Å². The zero-order valence-corrected chi connectivity index (χ0v) is 16.5. The second-order valence-corrected chi connectivity index (χ2v) is 7.30. The summed E-state index contributed by atoms with van der Waals surface area (Å²) in [6.07, 6.45) is 3.53. The number of nitrogens with one attached hydrogen (secondary N) is 3. The largest absolute Gasteiger partial charge is 0.335 e. The standard InChI is InChI=1S/C23H22N6/c1-3-24-12-15-8-14(2)9-17(10-15)16-4-5-19-18(11-16)22(29-28-19)23-26-20-6-7-25-13-21(20)27-23/h4-11,13,24H,3,12H2,1-2H3,(H,26,27)(H,28,29). The lowest BCUT2D eigenvalue weighted by molar-refractivity contribution is 0.726. The Morgan fingerprint density at radius 2 is 1.93 bits per heavy atom. The van der Waals surface area contributed by atoms with E-state index < -0.39 is 0 Å². The number of pyridine rings is 1. The highest BCUT2D eigenvalue weighted by atomic mass is 15.1. The number of nitrogens with zero attached hydrogens (tertiary/aromatic N) is 3. The maximum absolute atomic E-state index is 4.68. The number of hydrogen-bond acceptors (Lipinski definition) is 4. The molecule has 0 saturated heterocycles. The van der Waals surface area contributed by atoms with Crippen LogP contribution < -0.4 is 5.32 Å². The summed E-state index contributed by atoms with van der Waals surface area (Å²) in [5.41, 5.74) is 8.52. The Labute approximate surface area is 168 Å². The molecule has 0 atom stereocenters. The van der Waals surface area contributed by atoms with Crippen LogP contribution in [0.3, 0.4) is 0 Å². The first-order chi connectivity index (χ1) is 14.2. The molecule has 3 heterocycles. The highest BCUT2D eigenvalue weighted by Crippen LogP contribution is 2.31. The number of hydrogen-bond donors (Lipinski definition) is 3. The van der Waals surface area contributed by atoms with Crippen LogP contribution in [0.4, 0.5) is 0 Å². The van der Waals surface area contributed by atoms with Gasteiger partial charge in [-0.3, -0.25) is 10.1 Å². The van der Waals surface area contributed by atoms with E-state index in [-0.39, 0.29) is 0 Å². The van der Waals surface area contributed by atoms with Gasteiger partial charge in [0.1, 0.15) is 5.69 Å². The van der Waals surface area contributed by atoms with Crippen LogP contribution in [0.15, 0.2) is 54.9 Å². The predicted molar refractivity (Wildman–Crippen MR) is 117 cm³/mol. The van der Waals surface area contributed by atoms with Crippen molar-refractivity contribution in [3.8, 4) is 22.6 Å². The van der Waals surface area contributed by atoms with Crippen LogP contribution in [-0.4, -0.2) is 31.7 Å². The summed E-state index contributed by atoms with van der Waals surface area (Å²) in [5, 5.41) is 12.1. The fourth-order valence-corrected chi connectivity index (χ4v) is 3.74. The van der Waals surface area contributed by atoms with E-state index in [4.69, 9.17) is 0 Å². The van der Waals surface area contributed by atoms with Crippen molar-refractivity contribution in [3.63, 3.8) is 0 Å². The number of rotatable bonds is 5. The Balaban J connectivity index is 1.60. The third-order valence-electron chi connectivity index (χ3n) is 5.12. The summed E-state index contributed by atoms with van der Waals surface area (Å²) < 4.78 is 0. The lowest BCUT2D eigenvalue weighted by Crippen LogP contribution is -2.11. The van der Waals surface area contributed by atoms with Gasteiger partial charge in [0.15, 0.2) is 5.82 Å². The molecule has 6 heteroatoms. The van der Waals surface area contributed by atoms with E-state index in [1.54, 1.807) is 12.4 Å². The molecule has 6 nitrogen and oxygen atoms in total. The van der Waals surface area contributed by atoms with Gasteiger partial charge in [-0.25, -0.2) is 4.98 Å². The lowest BCUT2D eigenvalue weighted by Gasteiger charge is -2.09. The molecule has 3 N–H and O–H groups in total. The smallest absolute Gasteiger partial charge is 0.159 e. The SMILES string of the molecule is CCNCc1cc(C)cc(-c2ccc3[nH]nc(-c4nc5ccncc5[nH]4)c3c2)c1. The van der Waals surface area contributed by atoms with E-state index in [2.05, 4.69) is 80.7 Å². The van der Waals surface area contributed by atoms with Crippen molar-refractivity contribution in [1.82, 2.24) is 30.5 Å². The Bertz CT molecular complexity index is 1280. The van der Waals surface area contributed by atoms with E-state index in [0.29, 0.717) is 0 Å². The number of aryl methyl sites for hydroxylation is 1. The molecule has 0 amide bonds. The van der Waals surface area contributed by atoms with Gasteiger partial charge < -0.3 is 10.3 Å². The van der Waals surface area contributed by atoms with Crippen molar-refractivity contribution in [2.24, 2.45) is 0 Å². The van der Waals surface area contributed by atoms with E-state index in [9.17, 15) is 0 Å². The van der Waals surface area contributed by atoms with E-state index in [1.807, 2.05) is 6.07 Å². The van der Waals surface area contributed by atoms with Crippen LogP contribution in [0.2, 0.25) is 0 Å². The molecular formula is C23H22N6. The number of benzene rings is 2. The van der Waals surface area contributed by atoms with E-state index in [1.165, 1.54) is 22.3 Å². The molecule has 0 bridgehead atoms. The third kappa shape index (κ3) is 3.28. The van der Waals surface area contributed by atoms with Crippen LogP contribution in [0.1, 0.15) is 18.1 Å². The molecular weight excluding hydrogens is 360 g/mol. The van der Waals surface area contributed by atoms with Gasteiger partial charge in [-0.15, -0.1) is 0 Å². The number of aromatic amines is 2. The minimum atomic E-state index is 0.744. The summed E-state index contributed by atoms with van der Waals surface area (Å²) >= 11 is 0. The average Bonchev–Trinajstić information content (AvgIpc) is 3.35. The van der Waals surface area contributed by atoms with Gasteiger partial charge in [-0.05, 0) is 54.4 Å². The Kier molecular flexibility index (Phi) is 4.33. The monoisotopic (exact) mass is 382 g/mol. The van der Waals surface area contributed by atoms with Gasteiger partial charge in [-0.1, -0.05) is 30.7 Å². The highest BCUT2D eigenvalue weighted by Gasteiger charge is 2.14. The second-order valence-electron chi connectivity index (χ2n) is 7.30.